The van der Waals surface area contributed by atoms with Crippen LogP contribution in [0.25, 0.3) is 0 Å². The van der Waals surface area contributed by atoms with Gasteiger partial charge in [0.15, 0.2) is 0 Å². The molecular weight excluding hydrogens is 190 g/mol. The van der Waals surface area contributed by atoms with Crippen molar-refractivity contribution in [2.24, 2.45) is 11.1 Å². The lowest BCUT2D eigenvalue weighted by atomic mass is 9.64. The fourth-order valence-electron chi connectivity index (χ4n) is 2.56. The Morgan fingerprint density at radius 3 is 2.80 bits per heavy atom. The van der Waals surface area contributed by atoms with E-state index < -0.39 is 5.60 Å². The number of nitrogens with two attached hydrogens (primary N) is 1. The third-order valence-corrected chi connectivity index (χ3v) is 3.84. The molecule has 1 aliphatic rings. The van der Waals surface area contributed by atoms with Crippen LogP contribution in [0.4, 0.5) is 0 Å². The summed E-state index contributed by atoms with van der Waals surface area (Å²) in [6, 6.07) is 0. The molecule has 0 bridgehead atoms. The smallest absolute Gasteiger partial charge is 0.110 e. The molecular formula is C11H19N3O. The predicted octanol–water partition coefficient (Wildman–Crippen LogP) is 0.837. The zero-order valence-corrected chi connectivity index (χ0v) is 9.59. The Balaban J connectivity index is 2.62. The molecule has 1 heterocycles. The first-order chi connectivity index (χ1) is 6.92. The molecule has 1 atom stereocenters. The summed E-state index contributed by atoms with van der Waals surface area (Å²) in [7, 11) is 0. The number of nitrogens with one attached hydrogen (secondary N) is 1. The summed E-state index contributed by atoms with van der Waals surface area (Å²) >= 11 is 0. The van der Waals surface area contributed by atoms with Gasteiger partial charge in [-0.1, -0.05) is 13.8 Å². The molecule has 4 nitrogen and oxygen atoms in total. The number of H-pyrrole nitrogens is 1. The summed E-state index contributed by atoms with van der Waals surface area (Å²) in [5.41, 5.74) is 7.45. The Bertz CT molecular complexity index is 383. The van der Waals surface area contributed by atoms with E-state index in [4.69, 9.17) is 5.73 Å². The maximum atomic E-state index is 10.7. The molecule has 0 aromatic carbocycles. The molecule has 0 aliphatic heterocycles. The molecule has 1 unspecified atom stereocenters. The molecule has 0 fully saturated rings. The van der Waals surface area contributed by atoms with Gasteiger partial charge in [-0.2, -0.15) is 5.10 Å². The minimum absolute atomic E-state index is 0.191. The highest BCUT2D eigenvalue weighted by Gasteiger charge is 2.49. The van der Waals surface area contributed by atoms with Gasteiger partial charge in [0, 0.05) is 17.8 Å². The first-order valence-electron chi connectivity index (χ1n) is 5.39. The third kappa shape index (κ3) is 1.25. The normalized spacial score (nSPS) is 28.9. The summed E-state index contributed by atoms with van der Waals surface area (Å²) in [5.74, 6) is 0. The number of fused-ring (bicyclic) bond motifs is 1. The largest absolute Gasteiger partial charge is 0.383 e. The Morgan fingerprint density at radius 2 is 2.20 bits per heavy atom. The fourth-order valence-corrected chi connectivity index (χ4v) is 2.56. The minimum atomic E-state index is -0.947. The Kier molecular flexibility index (Phi) is 2.17. The van der Waals surface area contributed by atoms with Crippen molar-refractivity contribution in [3.8, 4) is 0 Å². The number of aryl methyl sites for hydroxylation is 2. The number of aromatic amines is 1. The van der Waals surface area contributed by atoms with Crippen LogP contribution in [0.15, 0.2) is 0 Å². The quantitative estimate of drug-likeness (QED) is 0.641. The second-order valence-corrected chi connectivity index (χ2v) is 5.12. The van der Waals surface area contributed by atoms with Gasteiger partial charge >= 0.3 is 0 Å². The van der Waals surface area contributed by atoms with E-state index in [2.05, 4.69) is 24.0 Å². The van der Waals surface area contributed by atoms with Gasteiger partial charge in [0.1, 0.15) is 5.60 Å². The molecule has 1 aromatic heterocycles. The van der Waals surface area contributed by atoms with Gasteiger partial charge in [0.25, 0.3) is 0 Å². The van der Waals surface area contributed by atoms with Crippen molar-refractivity contribution in [3.63, 3.8) is 0 Å². The van der Waals surface area contributed by atoms with E-state index in [1.54, 1.807) is 0 Å². The maximum absolute atomic E-state index is 10.7. The Hall–Kier alpha value is -0.870. The topological polar surface area (TPSA) is 74.9 Å². The van der Waals surface area contributed by atoms with Crippen molar-refractivity contribution < 1.29 is 5.11 Å². The lowest BCUT2D eigenvalue weighted by Crippen LogP contribution is -2.51. The molecule has 0 spiro atoms. The molecule has 0 saturated heterocycles. The van der Waals surface area contributed by atoms with E-state index in [1.165, 1.54) is 0 Å². The molecule has 4 heteroatoms. The van der Waals surface area contributed by atoms with E-state index in [9.17, 15) is 5.11 Å². The van der Waals surface area contributed by atoms with Crippen LogP contribution in [0.3, 0.4) is 0 Å². The molecule has 2 rings (SSSR count). The van der Waals surface area contributed by atoms with Crippen molar-refractivity contribution in [1.29, 1.82) is 0 Å². The second-order valence-electron chi connectivity index (χ2n) is 5.12. The number of hydrogen-bond donors (Lipinski definition) is 3. The zero-order valence-electron chi connectivity index (χ0n) is 9.59. The van der Waals surface area contributed by atoms with Gasteiger partial charge in [0.05, 0.1) is 5.69 Å². The molecule has 1 aliphatic carbocycles. The van der Waals surface area contributed by atoms with Crippen molar-refractivity contribution in [2.75, 3.05) is 6.54 Å². The summed E-state index contributed by atoms with van der Waals surface area (Å²) in [4.78, 5) is 0. The lowest BCUT2D eigenvalue weighted by molar-refractivity contribution is -0.0780. The zero-order chi connectivity index (χ0) is 11.3. The van der Waals surface area contributed by atoms with E-state index in [-0.39, 0.29) is 12.0 Å². The standard InChI is InChI=1S/C11H19N3O/c1-7-9-8(14-13-7)4-5-10(2,3)11(9,15)6-12/h15H,4-6,12H2,1-3H3,(H,13,14). The Morgan fingerprint density at radius 1 is 1.53 bits per heavy atom. The van der Waals surface area contributed by atoms with E-state index in [0.717, 1.165) is 29.8 Å². The number of hydrogen-bond acceptors (Lipinski definition) is 3. The van der Waals surface area contributed by atoms with E-state index in [1.807, 2.05) is 6.92 Å². The van der Waals surface area contributed by atoms with Gasteiger partial charge in [-0.3, -0.25) is 5.10 Å². The van der Waals surface area contributed by atoms with Crippen LogP contribution in [0, 0.1) is 12.3 Å². The van der Waals surface area contributed by atoms with Crippen LogP contribution in [0.5, 0.6) is 0 Å². The number of rotatable bonds is 1. The number of aliphatic hydroxyl groups is 1. The average molecular weight is 209 g/mol. The first-order valence-corrected chi connectivity index (χ1v) is 5.39. The summed E-state index contributed by atoms with van der Waals surface area (Å²) in [6.07, 6.45) is 1.83. The van der Waals surface area contributed by atoms with E-state index >= 15 is 0 Å². The molecule has 0 radical (unpaired) electrons. The van der Waals surface area contributed by atoms with Crippen molar-refractivity contribution in [1.82, 2.24) is 10.2 Å². The van der Waals surface area contributed by atoms with Gasteiger partial charge in [-0.05, 0) is 25.2 Å². The minimum Gasteiger partial charge on any atom is -0.383 e. The molecule has 0 saturated carbocycles. The summed E-state index contributed by atoms with van der Waals surface area (Å²) < 4.78 is 0. The van der Waals surface area contributed by atoms with Crippen LogP contribution >= 0.6 is 0 Å². The van der Waals surface area contributed by atoms with Crippen LogP contribution < -0.4 is 5.73 Å². The van der Waals surface area contributed by atoms with Crippen LogP contribution in [0.1, 0.15) is 37.2 Å². The molecule has 84 valence electrons. The average Bonchev–Trinajstić information content (AvgIpc) is 2.55. The van der Waals surface area contributed by atoms with Gasteiger partial charge in [-0.15, -0.1) is 0 Å². The predicted molar refractivity (Wildman–Crippen MR) is 58.4 cm³/mol. The Labute approximate surface area is 89.9 Å². The highest BCUT2D eigenvalue weighted by molar-refractivity contribution is 5.36. The van der Waals surface area contributed by atoms with Crippen LogP contribution in [-0.2, 0) is 12.0 Å². The molecule has 4 N–H and O–H groups in total. The lowest BCUT2D eigenvalue weighted by Gasteiger charge is -2.45. The van der Waals surface area contributed by atoms with Gasteiger partial charge in [0.2, 0.25) is 0 Å². The molecule has 0 amide bonds. The highest BCUT2D eigenvalue weighted by atomic mass is 16.3. The number of aromatic nitrogens is 2. The summed E-state index contributed by atoms with van der Waals surface area (Å²) in [5, 5.41) is 17.9. The van der Waals surface area contributed by atoms with Crippen LogP contribution in [-0.4, -0.2) is 21.8 Å². The second kappa shape index (κ2) is 3.06. The van der Waals surface area contributed by atoms with E-state index in [0.29, 0.717) is 0 Å². The monoisotopic (exact) mass is 209 g/mol. The third-order valence-electron chi connectivity index (χ3n) is 3.84. The molecule has 1 aromatic rings. The molecule has 15 heavy (non-hydrogen) atoms. The maximum Gasteiger partial charge on any atom is 0.110 e. The SMILES string of the molecule is Cc1[nH]nc2c1C(O)(CN)C(C)(C)CC2. The van der Waals surface area contributed by atoms with Gasteiger partial charge in [-0.25, -0.2) is 0 Å². The number of nitrogens with zero attached hydrogens (tertiary/aromatic N) is 1. The first kappa shape index (κ1) is 10.6. The van der Waals surface area contributed by atoms with Crippen molar-refractivity contribution in [3.05, 3.63) is 17.0 Å². The van der Waals surface area contributed by atoms with Crippen molar-refractivity contribution in [2.45, 2.75) is 39.2 Å². The summed E-state index contributed by atoms with van der Waals surface area (Å²) in [6.45, 7) is 6.31. The fraction of sp³-hybridized carbons (Fsp3) is 0.727. The van der Waals surface area contributed by atoms with Crippen molar-refractivity contribution >= 4 is 0 Å². The van der Waals surface area contributed by atoms with Gasteiger partial charge < -0.3 is 10.8 Å². The highest BCUT2D eigenvalue weighted by Crippen LogP contribution is 2.47. The van der Waals surface area contributed by atoms with Crippen LogP contribution in [0.2, 0.25) is 0 Å².